The molecule has 3 aromatic rings. The third-order valence-electron chi connectivity index (χ3n) is 3.64. The first-order valence-corrected chi connectivity index (χ1v) is 8.72. The van der Waals surface area contributed by atoms with Gasteiger partial charge in [-0.15, -0.1) is 0 Å². The van der Waals surface area contributed by atoms with Gasteiger partial charge in [-0.1, -0.05) is 24.9 Å². The van der Waals surface area contributed by atoms with Crippen molar-refractivity contribution < 1.29 is 9.18 Å². The Morgan fingerprint density at radius 3 is 3.04 bits per heavy atom. The minimum atomic E-state index is -0.588. The Bertz CT molecular complexity index is 977. The highest BCUT2D eigenvalue weighted by Crippen LogP contribution is 2.26. The second-order valence-corrected chi connectivity index (χ2v) is 6.28. The van der Waals surface area contributed by atoms with Gasteiger partial charge in [0.25, 0.3) is 0 Å². The van der Waals surface area contributed by atoms with Crippen molar-refractivity contribution in [2.75, 3.05) is 10.5 Å². The summed E-state index contributed by atoms with van der Waals surface area (Å²) in [5.41, 5.74) is 1.37. The molecule has 0 unspecified atom stereocenters. The lowest BCUT2D eigenvalue weighted by molar-refractivity contribution is 0.103. The Hall–Kier alpha value is -2.85. The zero-order valence-electron chi connectivity index (χ0n) is 13.5. The molecule has 0 spiro atoms. The van der Waals surface area contributed by atoms with E-state index in [0.717, 1.165) is 12.2 Å². The van der Waals surface area contributed by atoms with Gasteiger partial charge in [-0.05, 0) is 24.6 Å². The molecule has 7 heteroatoms. The van der Waals surface area contributed by atoms with Gasteiger partial charge in [0.15, 0.2) is 11.6 Å². The summed E-state index contributed by atoms with van der Waals surface area (Å²) < 4.78 is 17.6. The van der Waals surface area contributed by atoms with Crippen LogP contribution in [0.5, 0.6) is 0 Å². The van der Waals surface area contributed by atoms with Crippen molar-refractivity contribution in [2.45, 2.75) is 13.3 Å². The van der Waals surface area contributed by atoms with E-state index in [1.165, 1.54) is 30.4 Å². The molecule has 2 aromatic heterocycles. The number of halogens is 1. The van der Waals surface area contributed by atoms with Gasteiger partial charge in [0.05, 0.1) is 16.8 Å². The van der Waals surface area contributed by atoms with Gasteiger partial charge in [-0.25, -0.2) is 9.37 Å². The molecule has 0 radical (unpaired) electrons. The predicted molar refractivity (Wildman–Crippen MR) is 97.0 cm³/mol. The second kappa shape index (κ2) is 7.36. The zero-order valence-corrected chi connectivity index (χ0v) is 14.3. The van der Waals surface area contributed by atoms with Gasteiger partial charge in [0.1, 0.15) is 11.7 Å². The fourth-order valence-corrected chi connectivity index (χ4v) is 3.03. The number of nitrogens with one attached hydrogen (secondary N) is 2. The van der Waals surface area contributed by atoms with Gasteiger partial charge in [0, 0.05) is 29.1 Å². The van der Waals surface area contributed by atoms with Gasteiger partial charge in [-0.3, -0.25) is 4.79 Å². The average molecular weight is 354 g/mol. The highest BCUT2D eigenvalue weighted by Gasteiger charge is 2.20. The summed E-state index contributed by atoms with van der Waals surface area (Å²) in [5.74, 6) is -0.206. The third-order valence-corrected chi connectivity index (χ3v) is 4.61. The van der Waals surface area contributed by atoms with Crippen LogP contribution in [0.2, 0.25) is 0 Å². The SMILES string of the molecule is CCCSNc1cccc(C(=O)c2c[nH]c3ncc(C#N)cc23)c1F. The molecular formula is C18H15FN4OS. The van der Waals surface area contributed by atoms with Crippen molar-refractivity contribution in [1.82, 2.24) is 9.97 Å². The quantitative estimate of drug-likeness (QED) is 0.392. The van der Waals surface area contributed by atoms with E-state index in [1.54, 1.807) is 18.2 Å². The van der Waals surface area contributed by atoms with E-state index in [-0.39, 0.29) is 16.8 Å². The van der Waals surface area contributed by atoms with E-state index in [0.29, 0.717) is 16.6 Å². The Morgan fingerprint density at radius 1 is 1.44 bits per heavy atom. The number of anilines is 1. The number of pyridine rings is 1. The van der Waals surface area contributed by atoms with Gasteiger partial charge in [0.2, 0.25) is 0 Å². The summed E-state index contributed by atoms with van der Waals surface area (Å²) in [4.78, 5) is 19.8. The molecule has 0 saturated carbocycles. The highest BCUT2D eigenvalue weighted by atomic mass is 32.2. The first-order valence-electron chi connectivity index (χ1n) is 7.74. The first-order chi connectivity index (χ1) is 12.2. The summed E-state index contributed by atoms with van der Waals surface area (Å²) in [6, 6.07) is 8.25. The Kier molecular flexibility index (Phi) is 5.00. The Balaban J connectivity index is 1.99. The predicted octanol–water partition coefficient (Wildman–Crippen LogP) is 4.27. The van der Waals surface area contributed by atoms with E-state index in [2.05, 4.69) is 14.7 Å². The third kappa shape index (κ3) is 3.35. The number of benzene rings is 1. The van der Waals surface area contributed by atoms with Crippen LogP contribution in [0.4, 0.5) is 10.1 Å². The van der Waals surface area contributed by atoms with E-state index in [4.69, 9.17) is 5.26 Å². The van der Waals surface area contributed by atoms with E-state index >= 15 is 0 Å². The summed E-state index contributed by atoms with van der Waals surface area (Å²) in [6.45, 7) is 2.03. The van der Waals surface area contributed by atoms with Crippen LogP contribution in [0.1, 0.15) is 34.8 Å². The molecule has 0 atom stereocenters. The molecule has 3 rings (SSSR count). The van der Waals surface area contributed by atoms with Crippen LogP contribution in [0.25, 0.3) is 11.0 Å². The fourth-order valence-electron chi connectivity index (χ4n) is 2.41. The number of ketones is 1. The second-order valence-electron chi connectivity index (χ2n) is 5.38. The molecule has 25 heavy (non-hydrogen) atoms. The molecule has 0 bridgehead atoms. The van der Waals surface area contributed by atoms with E-state index in [9.17, 15) is 9.18 Å². The topological polar surface area (TPSA) is 81.6 Å². The van der Waals surface area contributed by atoms with Crippen LogP contribution < -0.4 is 4.72 Å². The Labute approximate surface area is 148 Å². The maximum absolute atomic E-state index is 14.7. The smallest absolute Gasteiger partial charge is 0.198 e. The molecule has 0 amide bonds. The van der Waals surface area contributed by atoms with Crippen LogP contribution in [0.15, 0.2) is 36.7 Å². The molecule has 0 aliphatic rings. The summed E-state index contributed by atoms with van der Waals surface area (Å²) in [7, 11) is 0. The highest BCUT2D eigenvalue weighted by molar-refractivity contribution is 8.00. The molecule has 2 heterocycles. The summed E-state index contributed by atoms with van der Waals surface area (Å²) in [6.07, 6.45) is 3.87. The van der Waals surface area contributed by atoms with Crippen LogP contribution in [-0.2, 0) is 0 Å². The molecular weight excluding hydrogens is 339 g/mol. The first kappa shape index (κ1) is 17.0. The zero-order chi connectivity index (χ0) is 17.8. The standard InChI is InChI=1S/C18H15FN4OS/c1-2-6-25-23-15-5-3-4-12(16(15)19)17(24)14-10-22-18-13(14)7-11(8-20)9-21-18/h3-5,7,9-10,23H,2,6H2,1H3,(H,21,22). The lowest BCUT2D eigenvalue weighted by Gasteiger charge is -2.09. The largest absolute Gasteiger partial charge is 0.345 e. The summed E-state index contributed by atoms with van der Waals surface area (Å²) in [5, 5.41) is 9.51. The molecule has 5 nitrogen and oxygen atoms in total. The summed E-state index contributed by atoms with van der Waals surface area (Å²) >= 11 is 1.39. The normalized spacial score (nSPS) is 10.6. The number of hydrogen-bond donors (Lipinski definition) is 2. The maximum Gasteiger partial charge on any atom is 0.198 e. The van der Waals surface area contributed by atoms with Crippen LogP contribution >= 0.6 is 11.9 Å². The number of carbonyl (C=O) groups excluding carboxylic acids is 1. The van der Waals surface area contributed by atoms with Crippen LogP contribution in [0, 0.1) is 17.1 Å². The lowest BCUT2D eigenvalue weighted by atomic mass is 10.0. The monoisotopic (exact) mass is 354 g/mol. The molecule has 2 N–H and O–H groups in total. The number of fused-ring (bicyclic) bond motifs is 1. The van der Waals surface area contributed by atoms with Gasteiger partial charge < -0.3 is 9.71 Å². The number of aromatic nitrogens is 2. The Morgan fingerprint density at radius 2 is 2.28 bits per heavy atom. The number of carbonyl (C=O) groups is 1. The average Bonchev–Trinajstić information content (AvgIpc) is 3.05. The number of nitriles is 1. The van der Waals surface area contributed by atoms with Crippen molar-refractivity contribution >= 4 is 34.5 Å². The van der Waals surface area contributed by atoms with Crippen LogP contribution in [0.3, 0.4) is 0 Å². The fraction of sp³-hybridized carbons (Fsp3) is 0.167. The molecule has 1 aromatic carbocycles. The van der Waals surface area contributed by atoms with Crippen molar-refractivity contribution in [2.24, 2.45) is 0 Å². The number of aromatic amines is 1. The van der Waals surface area contributed by atoms with Crippen molar-refractivity contribution in [3.63, 3.8) is 0 Å². The van der Waals surface area contributed by atoms with Gasteiger partial charge in [-0.2, -0.15) is 5.26 Å². The molecule has 0 saturated heterocycles. The number of H-pyrrole nitrogens is 1. The molecule has 0 aliphatic carbocycles. The number of hydrogen-bond acceptors (Lipinski definition) is 5. The van der Waals surface area contributed by atoms with Crippen LogP contribution in [-0.4, -0.2) is 21.5 Å². The number of nitrogens with zero attached hydrogens (tertiary/aromatic N) is 2. The van der Waals surface area contributed by atoms with Crippen molar-refractivity contribution in [1.29, 1.82) is 5.26 Å². The van der Waals surface area contributed by atoms with E-state index < -0.39 is 11.6 Å². The molecule has 126 valence electrons. The number of rotatable bonds is 6. The van der Waals surface area contributed by atoms with Crippen molar-refractivity contribution in [3.05, 3.63) is 59.2 Å². The maximum atomic E-state index is 14.7. The van der Waals surface area contributed by atoms with Gasteiger partial charge >= 0.3 is 0 Å². The minimum Gasteiger partial charge on any atom is -0.345 e. The minimum absolute atomic E-state index is 0.0228. The van der Waals surface area contributed by atoms with E-state index in [1.807, 2.05) is 13.0 Å². The molecule has 0 aliphatic heterocycles. The van der Waals surface area contributed by atoms with Crippen molar-refractivity contribution in [3.8, 4) is 6.07 Å². The lowest BCUT2D eigenvalue weighted by Crippen LogP contribution is -2.06. The molecule has 0 fully saturated rings.